The van der Waals surface area contributed by atoms with Crippen LogP contribution in [-0.4, -0.2) is 53.8 Å². The molecule has 0 fully saturated rings. The van der Waals surface area contributed by atoms with E-state index in [9.17, 15) is 24.0 Å². The standard InChI is InChI=1S/C28H17NO.4C24H15NO.7C2H6/c30-28(24-10-9-22-13-18-5-1-2-7-20(18)15-25(22)16-24)26-12-11-23-14-19-6-3-4-8-21(19)17-27(23)29-26;4*26-24(21-10-9-16-5-1-2-6-17(16)14-21)22-12-11-20-13-18-7-3-4-8-19(18)15-23(20)25-22;7*1-2/h1-17H;4*1-15H;7*1-2H3. The van der Waals surface area contributed by atoms with E-state index in [0.29, 0.717) is 56.3 Å². The Morgan fingerprint density at radius 2 is 0.230 bits per heavy atom. The number of carbonyl (C=O) groups is 5. The summed E-state index contributed by atoms with van der Waals surface area (Å²) in [7, 11) is 0. The molecule has 0 aliphatic heterocycles. The van der Waals surface area contributed by atoms with E-state index in [1.165, 1.54) is 37.7 Å². The summed E-state index contributed by atoms with van der Waals surface area (Å²) in [5, 5.41) is 30.0. The van der Waals surface area contributed by atoms with Gasteiger partial charge in [-0.15, -0.1) is 0 Å². The monoisotopic (exact) mass is 1930 g/mol. The number of hydrogen-bond acceptors (Lipinski definition) is 10. The zero-order valence-electron chi connectivity index (χ0n) is 86.2. The van der Waals surface area contributed by atoms with Crippen LogP contribution in [0, 0.1) is 0 Å². The number of aromatic nitrogens is 5. The molecule has 0 saturated carbocycles. The summed E-state index contributed by atoms with van der Waals surface area (Å²) in [5.74, 6) is -0.256. The number of carbonyl (C=O) groups excluding carboxylic acids is 5. The van der Waals surface area contributed by atoms with E-state index in [1.807, 2.05) is 449 Å². The summed E-state index contributed by atoms with van der Waals surface area (Å²) in [6, 6.07) is 155. The molecule has 726 valence electrons. The molecule has 26 aromatic rings. The predicted octanol–water partition coefficient (Wildman–Crippen LogP) is 37.2. The zero-order valence-corrected chi connectivity index (χ0v) is 86.2. The smallest absolute Gasteiger partial charge is 0.211 e. The van der Waals surface area contributed by atoms with Crippen molar-refractivity contribution < 1.29 is 24.0 Å². The van der Waals surface area contributed by atoms with Gasteiger partial charge in [0.15, 0.2) is 0 Å². The summed E-state index contributed by atoms with van der Waals surface area (Å²) < 4.78 is 0. The van der Waals surface area contributed by atoms with Crippen LogP contribution in [0.5, 0.6) is 0 Å². The Bertz CT molecular complexity index is 8370. The van der Waals surface area contributed by atoms with Crippen molar-refractivity contribution in [1.29, 1.82) is 0 Å². The number of rotatable bonds is 10. The molecular formula is C138H119N5O5. The number of fused-ring (bicyclic) bond motifs is 16. The van der Waals surface area contributed by atoms with Gasteiger partial charge in [0.25, 0.3) is 0 Å². The average Bonchev–Trinajstić information content (AvgIpc) is 0.799. The van der Waals surface area contributed by atoms with Crippen molar-refractivity contribution in [2.75, 3.05) is 0 Å². The first-order valence-electron chi connectivity index (χ1n) is 51.5. The van der Waals surface area contributed by atoms with Gasteiger partial charge in [0.2, 0.25) is 28.9 Å². The fourth-order valence-corrected chi connectivity index (χ4v) is 17.8. The van der Waals surface area contributed by atoms with Crippen LogP contribution in [0.3, 0.4) is 0 Å². The Hall–Kier alpha value is -18.1. The van der Waals surface area contributed by atoms with Gasteiger partial charge in [0.1, 0.15) is 28.5 Å². The summed E-state index contributed by atoms with van der Waals surface area (Å²) in [6.45, 7) is 28.0. The molecule has 0 unspecified atom stereocenters. The Morgan fingerprint density at radius 3 is 0.405 bits per heavy atom. The second-order valence-corrected chi connectivity index (χ2v) is 33.6. The highest BCUT2D eigenvalue weighted by Gasteiger charge is 2.20. The van der Waals surface area contributed by atoms with E-state index in [1.54, 1.807) is 0 Å². The van der Waals surface area contributed by atoms with Crippen LogP contribution >= 0.6 is 0 Å². The maximum atomic E-state index is 13.2. The first kappa shape index (κ1) is 104. The van der Waals surface area contributed by atoms with Crippen molar-refractivity contribution in [3.05, 3.63) is 523 Å². The number of hydrogen-bond donors (Lipinski definition) is 0. The van der Waals surface area contributed by atoms with Gasteiger partial charge >= 0.3 is 0 Å². The largest absolute Gasteiger partial charge is 0.287 e. The quantitative estimate of drug-likeness (QED) is 0.0956. The molecule has 0 radical (unpaired) electrons. The molecule has 0 atom stereocenters. The van der Waals surface area contributed by atoms with Crippen LogP contribution in [-0.2, 0) is 0 Å². The van der Waals surface area contributed by atoms with E-state index in [4.69, 9.17) is 0 Å². The molecule has 0 aliphatic rings. The highest BCUT2D eigenvalue weighted by atomic mass is 16.1. The molecule has 26 rings (SSSR count). The second-order valence-electron chi connectivity index (χ2n) is 33.6. The third-order valence-corrected chi connectivity index (χ3v) is 25.0. The maximum Gasteiger partial charge on any atom is 0.211 e. The summed E-state index contributed by atoms with van der Waals surface area (Å²) >= 11 is 0. The van der Waals surface area contributed by atoms with Gasteiger partial charge < -0.3 is 0 Å². The molecule has 0 aliphatic carbocycles. The average molecular weight is 1930 g/mol. The molecule has 148 heavy (non-hydrogen) atoms. The van der Waals surface area contributed by atoms with Crippen LogP contribution in [0.15, 0.2) is 467 Å². The molecule has 0 bridgehead atoms. The Morgan fingerprint density at radius 1 is 0.115 bits per heavy atom. The van der Waals surface area contributed by atoms with Crippen molar-refractivity contribution in [2.24, 2.45) is 0 Å². The van der Waals surface area contributed by atoms with Gasteiger partial charge in [-0.1, -0.05) is 431 Å². The predicted molar refractivity (Wildman–Crippen MR) is 630 cm³/mol. The van der Waals surface area contributed by atoms with E-state index in [2.05, 4.69) is 140 Å². The fraction of sp³-hybridized carbons (Fsp3) is 0.101. The molecule has 5 aromatic heterocycles. The zero-order chi connectivity index (χ0) is 104. The first-order chi connectivity index (χ1) is 72.8. The minimum Gasteiger partial charge on any atom is -0.287 e. The SMILES string of the molecule is CC.CC.CC.CC.CC.CC.CC.O=C(c1ccc2cc3ccccc3cc2c1)c1ccc2cc3ccccc3cc2n1.O=C(c1ccc2ccccc2c1)c1ccc2cc3ccccc3cc2n1.O=C(c1ccc2ccccc2c1)c1ccc2cc3ccccc3cc2n1.O=C(c1ccc2ccccc2c1)c1ccc2cc3ccccc3cc2n1.O=C(c1ccc2ccccc2c1)c1ccc2cc3ccccc3cc2n1. The van der Waals surface area contributed by atoms with E-state index >= 15 is 0 Å². The van der Waals surface area contributed by atoms with Crippen LogP contribution in [0.25, 0.3) is 173 Å². The third-order valence-electron chi connectivity index (χ3n) is 25.0. The molecule has 10 nitrogen and oxygen atoms in total. The minimum absolute atomic E-state index is 0.0502. The normalized spacial score (nSPS) is 10.5. The number of ketones is 5. The molecule has 0 N–H and O–H groups in total. The molecule has 10 heteroatoms. The molecule has 0 saturated heterocycles. The van der Waals surface area contributed by atoms with Crippen molar-refractivity contribution in [2.45, 2.75) is 96.9 Å². The van der Waals surface area contributed by atoms with Crippen LogP contribution in [0.4, 0.5) is 0 Å². The lowest BCUT2D eigenvalue weighted by Crippen LogP contribution is -2.04. The summed E-state index contributed by atoms with van der Waals surface area (Å²) in [4.78, 5) is 88.1. The third kappa shape index (κ3) is 23.8. The number of benzene rings is 21. The van der Waals surface area contributed by atoms with Crippen molar-refractivity contribution in [3.8, 4) is 0 Å². The molecule has 0 amide bonds. The van der Waals surface area contributed by atoms with E-state index in [-0.39, 0.29) is 28.9 Å². The van der Waals surface area contributed by atoms with Gasteiger partial charge in [-0.05, 0) is 252 Å². The van der Waals surface area contributed by atoms with Crippen molar-refractivity contribution in [1.82, 2.24) is 24.9 Å². The first-order valence-corrected chi connectivity index (χ1v) is 51.5. The van der Waals surface area contributed by atoms with E-state index in [0.717, 1.165) is 135 Å². The molecular weight excluding hydrogens is 1810 g/mol. The van der Waals surface area contributed by atoms with Gasteiger partial charge in [0, 0.05) is 54.7 Å². The van der Waals surface area contributed by atoms with Crippen molar-refractivity contribution >= 4 is 202 Å². The Labute approximate surface area is 865 Å². The Kier molecular flexibility index (Phi) is 35.4. The number of pyridine rings is 5. The second kappa shape index (κ2) is 50.2. The van der Waals surface area contributed by atoms with Gasteiger partial charge in [0.05, 0.1) is 27.6 Å². The van der Waals surface area contributed by atoms with Crippen LogP contribution in [0.2, 0.25) is 0 Å². The van der Waals surface area contributed by atoms with Crippen LogP contribution < -0.4 is 0 Å². The minimum atomic E-state index is -0.0554. The summed E-state index contributed by atoms with van der Waals surface area (Å²) in [6.07, 6.45) is 0. The summed E-state index contributed by atoms with van der Waals surface area (Å²) in [5.41, 5.74) is 9.89. The lowest BCUT2D eigenvalue weighted by molar-refractivity contribution is 0.102. The molecule has 21 aromatic carbocycles. The Balaban J connectivity index is 0.000000134. The van der Waals surface area contributed by atoms with Gasteiger partial charge in [-0.2, -0.15) is 0 Å². The fourth-order valence-electron chi connectivity index (χ4n) is 17.8. The van der Waals surface area contributed by atoms with E-state index < -0.39 is 0 Å². The molecule has 5 heterocycles. The molecule has 0 spiro atoms. The lowest BCUT2D eigenvalue weighted by Gasteiger charge is -2.07. The highest BCUT2D eigenvalue weighted by Crippen LogP contribution is 2.33. The maximum absolute atomic E-state index is 13.2. The lowest BCUT2D eigenvalue weighted by atomic mass is 9.99. The van der Waals surface area contributed by atoms with Gasteiger partial charge in [-0.25, -0.2) is 24.9 Å². The van der Waals surface area contributed by atoms with Crippen molar-refractivity contribution in [3.63, 3.8) is 0 Å². The van der Waals surface area contributed by atoms with Crippen LogP contribution in [0.1, 0.15) is 177 Å². The number of nitrogens with zero attached hydrogens (tertiary/aromatic N) is 5. The van der Waals surface area contributed by atoms with Gasteiger partial charge in [-0.3, -0.25) is 24.0 Å². The topological polar surface area (TPSA) is 150 Å². The highest BCUT2D eigenvalue weighted by molar-refractivity contribution is 6.16.